The van der Waals surface area contributed by atoms with E-state index < -0.39 is 5.97 Å². The van der Waals surface area contributed by atoms with Gasteiger partial charge < -0.3 is 20.6 Å². The van der Waals surface area contributed by atoms with Gasteiger partial charge in [0, 0.05) is 19.1 Å². The quantitative estimate of drug-likeness (QED) is 0.580. The van der Waals surface area contributed by atoms with Crippen LogP contribution in [0.2, 0.25) is 0 Å². The summed E-state index contributed by atoms with van der Waals surface area (Å²) in [5.74, 6) is -0.918. The molecule has 6 heteroatoms. The largest absolute Gasteiger partial charge is 0.481 e. The molecule has 16 heavy (non-hydrogen) atoms. The summed E-state index contributed by atoms with van der Waals surface area (Å²) >= 11 is 0. The van der Waals surface area contributed by atoms with Gasteiger partial charge in [0.1, 0.15) is 0 Å². The summed E-state index contributed by atoms with van der Waals surface area (Å²) in [6.07, 6.45) is -0.0672. The van der Waals surface area contributed by atoms with E-state index in [4.69, 9.17) is 5.11 Å². The molecule has 6 nitrogen and oxygen atoms in total. The number of amides is 2. The van der Waals surface area contributed by atoms with E-state index in [2.05, 4.69) is 15.5 Å². The highest BCUT2D eigenvalue weighted by Gasteiger charge is 2.10. The molecule has 0 aliphatic rings. The Bertz CT molecular complexity index is 233. The molecule has 0 rings (SSSR count). The molecule has 0 bridgehead atoms. The fourth-order valence-electron chi connectivity index (χ4n) is 1.11. The van der Waals surface area contributed by atoms with Crippen LogP contribution in [0.15, 0.2) is 0 Å². The topological polar surface area (TPSA) is 81.7 Å². The number of hydrogen-bond acceptors (Lipinski definition) is 3. The molecule has 1 atom stereocenters. The Morgan fingerprint density at radius 3 is 2.56 bits per heavy atom. The van der Waals surface area contributed by atoms with E-state index in [1.54, 1.807) is 6.92 Å². The van der Waals surface area contributed by atoms with Gasteiger partial charge in [0.15, 0.2) is 0 Å². The van der Waals surface area contributed by atoms with Gasteiger partial charge in [-0.1, -0.05) is 6.92 Å². The van der Waals surface area contributed by atoms with E-state index >= 15 is 0 Å². The van der Waals surface area contributed by atoms with Crippen molar-refractivity contribution in [1.29, 1.82) is 0 Å². The average molecular weight is 231 g/mol. The first-order chi connectivity index (χ1) is 7.45. The van der Waals surface area contributed by atoms with Crippen LogP contribution in [0.5, 0.6) is 0 Å². The summed E-state index contributed by atoms with van der Waals surface area (Å²) in [5.41, 5.74) is 0. The Hall–Kier alpha value is -1.30. The molecule has 0 aliphatic heterocycles. The lowest BCUT2D eigenvalue weighted by Crippen LogP contribution is -2.43. The van der Waals surface area contributed by atoms with Crippen LogP contribution in [-0.4, -0.2) is 54.7 Å². The summed E-state index contributed by atoms with van der Waals surface area (Å²) < 4.78 is 0. The molecule has 0 saturated carbocycles. The van der Waals surface area contributed by atoms with Gasteiger partial charge >= 0.3 is 12.0 Å². The Kier molecular flexibility index (Phi) is 7.28. The number of hydrogen-bond donors (Lipinski definition) is 3. The van der Waals surface area contributed by atoms with Crippen molar-refractivity contribution in [3.05, 3.63) is 0 Å². The maximum Gasteiger partial charge on any atom is 0.315 e. The predicted octanol–water partition coefficient (Wildman–Crippen LogP) is 0.101. The Balaban J connectivity index is 3.62. The van der Waals surface area contributed by atoms with Gasteiger partial charge in [0.2, 0.25) is 0 Å². The molecule has 0 aromatic carbocycles. The van der Waals surface area contributed by atoms with Crippen LogP contribution >= 0.6 is 0 Å². The number of nitrogens with zero attached hydrogens (tertiary/aromatic N) is 1. The maximum atomic E-state index is 11.3. The summed E-state index contributed by atoms with van der Waals surface area (Å²) in [6.45, 7) is 5.95. The smallest absolute Gasteiger partial charge is 0.315 e. The van der Waals surface area contributed by atoms with E-state index in [0.29, 0.717) is 6.54 Å². The van der Waals surface area contributed by atoms with Crippen LogP contribution in [-0.2, 0) is 4.79 Å². The van der Waals surface area contributed by atoms with Gasteiger partial charge in [-0.15, -0.1) is 0 Å². The zero-order chi connectivity index (χ0) is 12.6. The molecule has 3 N–H and O–H groups in total. The van der Waals surface area contributed by atoms with E-state index in [1.165, 1.54) is 0 Å². The normalized spacial score (nSPS) is 12.2. The maximum absolute atomic E-state index is 11.3. The third-order valence-corrected chi connectivity index (χ3v) is 2.18. The van der Waals surface area contributed by atoms with Gasteiger partial charge in [-0.05, 0) is 20.5 Å². The van der Waals surface area contributed by atoms with Crippen LogP contribution in [0.25, 0.3) is 0 Å². The standard InChI is InChI=1S/C10H21N3O3/c1-4-13(3)6-5-11-10(16)12-8(2)7-9(14)15/h8H,4-7H2,1-3H3,(H,14,15)(H2,11,12,16). The summed E-state index contributed by atoms with van der Waals surface area (Å²) in [5, 5.41) is 13.7. The molecule has 0 aromatic rings. The molecule has 0 spiro atoms. The van der Waals surface area contributed by atoms with Crippen LogP contribution in [0.1, 0.15) is 20.3 Å². The molecular weight excluding hydrogens is 210 g/mol. The lowest BCUT2D eigenvalue weighted by molar-refractivity contribution is -0.137. The fraction of sp³-hybridized carbons (Fsp3) is 0.800. The molecule has 0 aliphatic carbocycles. The van der Waals surface area contributed by atoms with Crippen molar-refractivity contribution < 1.29 is 14.7 Å². The summed E-state index contributed by atoms with van der Waals surface area (Å²) in [7, 11) is 1.96. The van der Waals surface area contributed by atoms with Crippen molar-refractivity contribution in [2.45, 2.75) is 26.3 Å². The van der Waals surface area contributed by atoms with Crippen LogP contribution in [0.4, 0.5) is 4.79 Å². The Morgan fingerprint density at radius 2 is 2.06 bits per heavy atom. The number of nitrogens with one attached hydrogen (secondary N) is 2. The average Bonchev–Trinajstić information content (AvgIpc) is 2.15. The molecule has 2 amide bonds. The number of carboxylic acid groups (broad SMARTS) is 1. The number of urea groups is 1. The second-order valence-electron chi connectivity index (χ2n) is 3.80. The monoisotopic (exact) mass is 231 g/mol. The first-order valence-electron chi connectivity index (χ1n) is 5.40. The van der Waals surface area contributed by atoms with E-state index in [0.717, 1.165) is 13.1 Å². The first kappa shape index (κ1) is 14.7. The number of rotatable bonds is 7. The molecular formula is C10H21N3O3. The second kappa shape index (κ2) is 7.92. The van der Waals surface area contributed by atoms with Crippen LogP contribution in [0, 0.1) is 0 Å². The third kappa shape index (κ3) is 8.05. The fourth-order valence-corrected chi connectivity index (χ4v) is 1.11. The predicted molar refractivity (Wildman–Crippen MR) is 61.4 cm³/mol. The van der Waals surface area contributed by atoms with E-state index in [1.807, 2.05) is 14.0 Å². The molecule has 0 saturated heterocycles. The van der Waals surface area contributed by atoms with E-state index in [-0.39, 0.29) is 18.5 Å². The minimum absolute atomic E-state index is 0.0672. The lowest BCUT2D eigenvalue weighted by atomic mass is 10.2. The Morgan fingerprint density at radius 1 is 1.44 bits per heavy atom. The minimum atomic E-state index is -0.918. The third-order valence-electron chi connectivity index (χ3n) is 2.18. The van der Waals surface area contributed by atoms with Crippen LogP contribution in [0.3, 0.4) is 0 Å². The number of carbonyl (C=O) groups is 2. The van der Waals surface area contributed by atoms with Gasteiger partial charge in [-0.2, -0.15) is 0 Å². The molecule has 0 fully saturated rings. The van der Waals surface area contributed by atoms with Gasteiger partial charge in [0.25, 0.3) is 0 Å². The summed E-state index contributed by atoms with van der Waals surface area (Å²) in [4.78, 5) is 23.7. The van der Waals surface area contributed by atoms with Gasteiger partial charge in [0.05, 0.1) is 6.42 Å². The number of aliphatic carboxylic acids is 1. The van der Waals surface area contributed by atoms with Crippen molar-refractivity contribution >= 4 is 12.0 Å². The van der Waals surface area contributed by atoms with Crippen molar-refractivity contribution in [3.63, 3.8) is 0 Å². The highest BCUT2D eigenvalue weighted by Crippen LogP contribution is 1.89. The van der Waals surface area contributed by atoms with Gasteiger partial charge in [-0.25, -0.2) is 4.79 Å². The van der Waals surface area contributed by atoms with Gasteiger partial charge in [-0.3, -0.25) is 4.79 Å². The van der Waals surface area contributed by atoms with E-state index in [9.17, 15) is 9.59 Å². The zero-order valence-electron chi connectivity index (χ0n) is 10.1. The Labute approximate surface area is 96.0 Å². The van der Waals surface area contributed by atoms with Crippen molar-refractivity contribution in [2.75, 3.05) is 26.7 Å². The highest BCUT2D eigenvalue weighted by atomic mass is 16.4. The second-order valence-corrected chi connectivity index (χ2v) is 3.80. The number of carbonyl (C=O) groups excluding carboxylic acids is 1. The molecule has 0 radical (unpaired) electrons. The molecule has 0 aromatic heterocycles. The first-order valence-corrected chi connectivity index (χ1v) is 5.40. The zero-order valence-corrected chi connectivity index (χ0v) is 10.1. The summed E-state index contributed by atoms with van der Waals surface area (Å²) in [6, 6.07) is -0.681. The number of likely N-dealkylation sites (N-methyl/N-ethyl adjacent to an activating group) is 1. The number of carboxylic acids is 1. The van der Waals surface area contributed by atoms with Crippen molar-refractivity contribution in [3.8, 4) is 0 Å². The molecule has 94 valence electrons. The van der Waals surface area contributed by atoms with Crippen molar-refractivity contribution in [1.82, 2.24) is 15.5 Å². The molecule has 0 heterocycles. The highest BCUT2D eigenvalue weighted by molar-refractivity contribution is 5.75. The van der Waals surface area contributed by atoms with Crippen molar-refractivity contribution in [2.24, 2.45) is 0 Å². The van der Waals surface area contributed by atoms with Crippen LogP contribution < -0.4 is 10.6 Å². The lowest BCUT2D eigenvalue weighted by Gasteiger charge is -2.16. The SMILES string of the molecule is CCN(C)CCNC(=O)NC(C)CC(=O)O. The molecule has 1 unspecified atom stereocenters. The minimum Gasteiger partial charge on any atom is -0.481 e.